The highest BCUT2D eigenvalue weighted by atomic mass is 16.5. The van der Waals surface area contributed by atoms with Crippen LogP contribution < -0.4 is 0 Å². The Morgan fingerprint density at radius 3 is 2.89 bits per heavy atom. The fourth-order valence-electron chi connectivity index (χ4n) is 4.00. The van der Waals surface area contributed by atoms with Gasteiger partial charge in [-0.3, -0.25) is 14.7 Å². The van der Waals surface area contributed by atoms with Crippen LogP contribution in [0, 0.1) is 0 Å². The number of rotatable bonds is 4. The molecule has 0 spiro atoms. The number of aliphatic hydroxyl groups is 1. The van der Waals surface area contributed by atoms with Gasteiger partial charge in [0.1, 0.15) is 0 Å². The molecule has 1 unspecified atom stereocenters. The molecule has 1 N–H and O–H groups in total. The van der Waals surface area contributed by atoms with E-state index >= 15 is 0 Å². The molecule has 7 heteroatoms. The average Bonchev–Trinajstić information content (AvgIpc) is 3.19. The summed E-state index contributed by atoms with van der Waals surface area (Å²) in [5, 5.41) is 13.8. The number of pyridine rings is 1. The highest BCUT2D eigenvalue weighted by Gasteiger charge is 2.28. The van der Waals surface area contributed by atoms with Crippen molar-refractivity contribution in [3.63, 3.8) is 0 Å². The predicted molar refractivity (Wildman–Crippen MR) is 99.1 cm³/mol. The number of likely N-dealkylation sites (tertiary alicyclic amines) is 2. The first-order valence-corrected chi connectivity index (χ1v) is 9.74. The minimum Gasteiger partial charge on any atom is -0.393 e. The Morgan fingerprint density at radius 2 is 2.11 bits per heavy atom. The second-order valence-electron chi connectivity index (χ2n) is 7.57. The third kappa shape index (κ3) is 4.36. The summed E-state index contributed by atoms with van der Waals surface area (Å²) in [6.07, 6.45) is 6.81. The lowest BCUT2D eigenvalue weighted by Crippen LogP contribution is -2.39. The summed E-state index contributed by atoms with van der Waals surface area (Å²) in [6, 6.07) is 5.87. The number of aromatic nitrogens is 2. The Balaban J connectivity index is 1.38. The largest absolute Gasteiger partial charge is 0.393 e. The van der Waals surface area contributed by atoms with Gasteiger partial charge in [-0.05, 0) is 43.9 Å². The number of carbonyl (C=O) groups excluding carboxylic acids is 1. The quantitative estimate of drug-likeness (QED) is 0.887. The number of hydrogen-bond donors (Lipinski definition) is 1. The zero-order valence-corrected chi connectivity index (χ0v) is 15.5. The molecule has 0 aromatic carbocycles. The van der Waals surface area contributed by atoms with Gasteiger partial charge in [-0.1, -0.05) is 11.2 Å². The third-order valence-corrected chi connectivity index (χ3v) is 5.54. The van der Waals surface area contributed by atoms with Crippen LogP contribution >= 0.6 is 0 Å². The van der Waals surface area contributed by atoms with Crippen LogP contribution in [0.15, 0.2) is 35.1 Å². The molecular weight excluding hydrogens is 344 g/mol. The van der Waals surface area contributed by atoms with E-state index in [4.69, 9.17) is 4.52 Å². The van der Waals surface area contributed by atoms with Gasteiger partial charge in [-0.15, -0.1) is 0 Å². The molecule has 0 aliphatic carbocycles. The van der Waals surface area contributed by atoms with E-state index in [-0.39, 0.29) is 17.9 Å². The summed E-state index contributed by atoms with van der Waals surface area (Å²) in [6.45, 7) is 3.98. The van der Waals surface area contributed by atoms with Gasteiger partial charge in [0.05, 0.1) is 11.8 Å². The van der Waals surface area contributed by atoms with Gasteiger partial charge in [0, 0.05) is 50.6 Å². The van der Waals surface area contributed by atoms with E-state index in [0.717, 1.165) is 38.2 Å². The lowest BCUT2D eigenvalue weighted by Gasteiger charge is -2.31. The molecule has 1 amide bonds. The van der Waals surface area contributed by atoms with Crippen LogP contribution in [-0.2, 0) is 6.54 Å². The van der Waals surface area contributed by atoms with Crippen molar-refractivity contribution in [2.24, 2.45) is 0 Å². The molecule has 0 radical (unpaired) electrons. The molecule has 144 valence electrons. The van der Waals surface area contributed by atoms with Crippen molar-refractivity contribution in [2.45, 2.75) is 44.2 Å². The first-order chi connectivity index (χ1) is 13.2. The van der Waals surface area contributed by atoms with Crippen molar-refractivity contribution in [1.29, 1.82) is 0 Å². The molecule has 1 atom stereocenters. The minimum atomic E-state index is -0.299. The van der Waals surface area contributed by atoms with Crippen LogP contribution in [-0.4, -0.2) is 63.2 Å². The molecule has 0 saturated carbocycles. The van der Waals surface area contributed by atoms with Gasteiger partial charge in [-0.25, -0.2) is 0 Å². The number of carbonyl (C=O) groups is 1. The lowest BCUT2D eigenvalue weighted by atomic mass is 9.94. The van der Waals surface area contributed by atoms with Crippen LogP contribution in [0.1, 0.15) is 53.4 Å². The zero-order valence-electron chi connectivity index (χ0n) is 15.5. The summed E-state index contributed by atoms with van der Waals surface area (Å²) in [4.78, 5) is 20.9. The van der Waals surface area contributed by atoms with Gasteiger partial charge in [0.15, 0.2) is 0 Å². The topological polar surface area (TPSA) is 82.7 Å². The van der Waals surface area contributed by atoms with E-state index in [1.807, 2.05) is 18.3 Å². The molecule has 27 heavy (non-hydrogen) atoms. The van der Waals surface area contributed by atoms with E-state index in [1.54, 1.807) is 11.1 Å². The summed E-state index contributed by atoms with van der Waals surface area (Å²) in [7, 11) is 0. The second-order valence-corrected chi connectivity index (χ2v) is 7.57. The predicted octanol–water partition coefficient (Wildman–Crippen LogP) is 2.05. The van der Waals surface area contributed by atoms with E-state index in [9.17, 15) is 9.90 Å². The maximum atomic E-state index is 12.6. The van der Waals surface area contributed by atoms with Crippen LogP contribution in [0.5, 0.6) is 0 Å². The molecule has 4 heterocycles. The molecule has 7 nitrogen and oxygen atoms in total. The zero-order chi connectivity index (χ0) is 18.6. The Bertz CT molecular complexity index is 756. The van der Waals surface area contributed by atoms with Crippen molar-refractivity contribution < 1.29 is 14.4 Å². The van der Waals surface area contributed by atoms with Crippen LogP contribution in [0.3, 0.4) is 0 Å². The first kappa shape index (κ1) is 18.1. The standard InChI is InChI=1S/C20H26N4O3/c25-17-5-9-24(10-6-17)20(26)19-11-18(22-27-19)16-4-2-8-23(14-16)13-15-3-1-7-21-12-15/h1,3,7,11-12,16-17,25H,2,4-6,8-10,13-14H2. The summed E-state index contributed by atoms with van der Waals surface area (Å²) < 4.78 is 5.38. The normalized spacial score (nSPS) is 22.1. The summed E-state index contributed by atoms with van der Waals surface area (Å²) in [5.74, 6) is 0.471. The smallest absolute Gasteiger partial charge is 0.292 e. The molecule has 2 aliphatic rings. The highest BCUT2D eigenvalue weighted by molar-refractivity contribution is 5.91. The van der Waals surface area contributed by atoms with E-state index in [2.05, 4.69) is 21.1 Å². The van der Waals surface area contributed by atoms with Gasteiger partial charge >= 0.3 is 0 Å². The molecule has 2 fully saturated rings. The summed E-state index contributed by atoms with van der Waals surface area (Å²) in [5.41, 5.74) is 2.08. The molecule has 2 aromatic heterocycles. The van der Waals surface area contributed by atoms with Crippen LogP contribution in [0.2, 0.25) is 0 Å². The summed E-state index contributed by atoms with van der Waals surface area (Å²) >= 11 is 0. The Hall–Kier alpha value is -2.25. The maximum absolute atomic E-state index is 12.6. The van der Waals surface area contributed by atoms with Crippen LogP contribution in [0.25, 0.3) is 0 Å². The van der Waals surface area contributed by atoms with Crippen molar-refractivity contribution in [1.82, 2.24) is 19.9 Å². The Morgan fingerprint density at radius 1 is 1.26 bits per heavy atom. The molecule has 4 rings (SSSR count). The van der Waals surface area contributed by atoms with Crippen molar-refractivity contribution >= 4 is 5.91 Å². The van der Waals surface area contributed by atoms with E-state index in [1.165, 1.54) is 5.56 Å². The van der Waals surface area contributed by atoms with Gasteiger partial charge in [0.2, 0.25) is 5.76 Å². The molecule has 2 aliphatic heterocycles. The van der Waals surface area contributed by atoms with Crippen molar-refractivity contribution in [2.75, 3.05) is 26.2 Å². The van der Waals surface area contributed by atoms with Crippen molar-refractivity contribution in [3.8, 4) is 0 Å². The molecule has 2 saturated heterocycles. The second kappa shape index (κ2) is 8.19. The number of aliphatic hydroxyl groups excluding tert-OH is 1. The fourth-order valence-corrected chi connectivity index (χ4v) is 4.00. The van der Waals surface area contributed by atoms with Crippen LogP contribution in [0.4, 0.5) is 0 Å². The van der Waals surface area contributed by atoms with Crippen molar-refractivity contribution in [3.05, 3.63) is 47.6 Å². The molecular formula is C20H26N4O3. The SMILES string of the molecule is O=C(c1cc(C2CCCN(Cc3cccnc3)C2)no1)N1CCC(O)CC1. The molecule has 0 bridgehead atoms. The minimum absolute atomic E-state index is 0.122. The number of amides is 1. The van der Waals surface area contributed by atoms with E-state index in [0.29, 0.717) is 31.7 Å². The monoisotopic (exact) mass is 370 g/mol. The first-order valence-electron chi connectivity index (χ1n) is 9.74. The van der Waals surface area contributed by atoms with Gasteiger partial charge < -0.3 is 14.5 Å². The number of hydrogen-bond acceptors (Lipinski definition) is 6. The fraction of sp³-hybridized carbons (Fsp3) is 0.550. The third-order valence-electron chi connectivity index (χ3n) is 5.54. The number of nitrogens with zero attached hydrogens (tertiary/aromatic N) is 4. The maximum Gasteiger partial charge on any atom is 0.292 e. The van der Waals surface area contributed by atoms with E-state index < -0.39 is 0 Å². The Kier molecular flexibility index (Phi) is 5.50. The van der Waals surface area contributed by atoms with Gasteiger partial charge in [-0.2, -0.15) is 0 Å². The lowest BCUT2D eigenvalue weighted by molar-refractivity contribution is 0.0512. The van der Waals surface area contributed by atoms with Gasteiger partial charge in [0.25, 0.3) is 5.91 Å². The Labute approximate surface area is 159 Å². The highest BCUT2D eigenvalue weighted by Crippen LogP contribution is 2.28. The number of piperidine rings is 2. The average molecular weight is 370 g/mol. The molecule has 2 aromatic rings.